The summed E-state index contributed by atoms with van der Waals surface area (Å²) in [5.74, 6) is 0.908. The van der Waals surface area contributed by atoms with Gasteiger partial charge >= 0.3 is 0 Å². The summed E-state index contributed by atoms with van der Waals surface area (Å²) in [5, 5.41) is 4.20. The molecular formula is C21H22N4O. The highest BCUT2D eigenvalue weighted by molar-refractivity contribution is 5.98. The van der Waals surface area contributed by atoms with Gasteiger partial charge in [-0.1, -0.05) is 26.0 Å². The van der Waals surface area contributed by atoms with Crippen molar-refractivity contribution in [1.29, 1.82) is 0 Å². The van der Waals surface area contributed by atoms with Crippen LogP contribution in [0.25, 0.3) is 21.9 Å². The van der Waals surface area contributed by atoms with Crippen LogP contribution in [-0.2, 0) is 7.05 Å². The minimum Gasteiger partial charge on any atom is -0.351 e. The predicted molar refractivity (Wildman–Crippen MR) is 104 cm³/mol. The number of benzene rings is 2. The molecule has 2 N–H and O–H groups in total. The van der Waals surface area contributed by atoms with Crippen molar-refractivity contribution in [2.24, 2.45) is 13.0 Å². The Kier molecular flexibility index (Phi) is 3.99. The van der Waals surface area contributed by atoms with Crippen molar-refractivity contribution in [3.05, 3.63) is 66.1 Å². The molecule has 0 spiro atoms. The molecule has 4 rings (SSSR count). The Morgan fingerprint density at radius 3 is 2.73 bits per heavy atom. The van der Waals surface area contributed by atoms with Crippen LogP contribution < -0.4 is 5.32 Å². The van der Waals surface area contributed by atoms with Gasteiger partial charge < -0.3 is 14.9 Å². The lowest BCUT2D eigenvalue weighted by Gasteiger charge is -2.20. The number of H-pyrrole nitrogens is 1. The van der Waals surface area contributed by atoms with Gasteiger partial charge in [0.25, 0.3) is 5.91 Å². The van der Waals surface area contributed by atoms with E-state index < -0.39 is 0 Å². The van der Waals surface area contributed by atoms with Crippen LogP contribution in [0.2, 0.25) is 0 Å². The molecule has 4 aromatic rings. The van der Waals surface area contributed by atoms with Crippen LogP contribution in [0, 0.1) is 5.92 Å². The average Bonchev–Trinajstić information content (AvgIpc) is 3.22. The Morgan fingerprint density at radius 1 is 1.15 bits per heavy atom. The lowest BCUT2D eigenvalue weighted by Crippen LogP contribution is -2.32. The molecular weight excluding hydrogens is 324 g/mol. The van der Waals surface area contributed by atoms with Crippen LogP contribution in [-0.4, -0.2) is 20.4 Å². The van der Waals surface area contributed by atoms with Crippen LogP contribution in [0.4, 0.5) is 0 Å². The van der Waals surface area contributed by atoms with Crippen molar-refractivity contribution < 1.29 is 4.79 Å². The summed E-state index contributed by atoms with van der Waals surface area (Å²) in [5.41, 5.74) is 3.66. The molecule has 0 bridgehead atoms. The van der Waals surface area contributed by atoms with E-state index in [1.165, 1.54) is 0 Å². The molecule has 2 aromatic carbocycles. The predicted octanol–water partition coefficient (Wildman–Crippen LogP) is 4.18. The number of nitrogens with one attached hydrogen (secondary N) is 2. The fourth-order valence-electron chi connectivity index (χ4n) is 3.32. The van der Waals surface area contributed by atoms with E-state index >= 15 is 0 Å². The fourth-order valence-corrected chi connectivity index (χ4v) is 3.32. The molecule has 5 nitrogen and oxygen atoms in total. The first-order valence-electron chi connectivity index (χ1n) is 8.83. The molecule has 1 atom stereocenters. The molecule has 132 valence electrons. The molecule has 0 saturated carbocycles. The summed E-state index contributed by atoms with van der Waals surface area (Å²) in [6.07, 6.45) is 2.00. The Balaban J connectivity index is 1.63. The number of aromatic amines is 1. The molecule has 0 saturated heterocycles. The van der Waals surface area contributed by atoms with E-state index in [1.807, 2.05) is 66.3 Å². The number of para-hydroxylation sites is 2. The van der Waals surface area contributed by atoms with E-state index in [-0.39, 0.29) is 17.9 Å². The smallest absolute Gasteiger partial charge is 0.251 e. The van der Waals surface area contributed by atoms with Gasteiger partial charge in [0.1, 0.15) is 5.82 Å². The second-order valence-corrected chi connectivity index (χ2v) is 7.03. The van der Waals surface area contributed by atoms with E-state index in [0.29, 0.717) is 5.56 Å². The van der Waals surface area contributed by atoms with Gasteiger partial charge in [-0.05, 0) is 42.3 Å². The molecule has 0 aliphatic rings. The Bertz CT molecular complexity index is 1060. The van der Waals surface area contributed by atoms with Crippen molar-refractivity contribution >= 4 is 27.8 Å². The van der Waals surface area contributed by atoms with Gasteiger partial charge in [0.15, 0.2) is 0 Å². The molecule has 2 aromatic heterocycles. The molecule has 1 unspecified atom stereocenters. The van der Waals surface area contributed by atoms with Crippen LogP contribution in [0.3, 0.4) is 0 Å². The highest BCUT2D eigenvalue weighted by atomic mass is 16.1. The SMILES string of the molecule is CC(C)C(NC(=O)c1ccc2c(ccn2C)c1)c1nc2ccccc2[nH]1. The number of rotatable bonds is 4. The van der Waals surface area contributed by atoms with Gasteiger partial charge in [0, 0.05) is 29.7 Å². The minimum absolute atomic E-state index is 0.0880. The van der Waals surface area contributed by atoms with Crippen LogP contribution in [0.1, 0.15) is 36.1 Å². The van der Waals surface area contributed by atoms with Crippen molar-refractivity contribution in [3.8, 4) is 0 Å². The van der Waals surface area contributed by atoms with Gasteiger partial charge in [-0.15, -0.1) is 0 Å². The van der Waals surface area contributed by atoms with E-state index in [1.54, 1.807) is 0 Å². The maximum absolute atomic E-state index is 12.8. The number of nitrogens with zero attached hydrogens (tertiary/aromatic N) is 2. The third kappa shape index (κ3) is 2.86. The normalized spacial score (nSPS) is 12.8. The van der Waals surface area contributed by atoms with E-state index in [9.17, 15) is 4.79 Å². The number of fused-ring (bicyclic) bond motifs is 2. The van der Waals surface area contributed by atoms with E-state index in [4.69, 9.17) is 0 Å². The molecule has 0 fully saturated rings. The Morgan fingerprint density at radius 2 is 1.96 bits per heavy atom. The maximum Gasteiger partial charge on any atom is 0.251 e. The van der Waals surface area contributed by atoms with Gasteiger partial charge in [-0.25, -0.2) is 4.98 Å². The zero-order valence-electron chi connectivity index (χ0n) is 15.2. The van der Waals surface area contributed by atoms with Gasteiger partial charge in [-0.3, -0.25) is 4.79 Å². The van der Waals surface area contributed by atoms with E-state index in [0.717, 1.165) is 27.8 Å². The van der Waals surface area contributed by atoms with Crippen LogP contribution in [0.5, 0.6) is 0 Å². The first kappa shape index (κ1) is 16.4. The number of carbonyl (C=O) groups excluding carboxylic acids is 1. The van der Waals surface area contributed by atoms with Crippen molar-refractivity contribution in [3.63, 3.8) is 0 Å². The highest BCUT2D eigenvalue weighted by Crippen LogP contribution is 2.23. The molecule has 26 heavy (non-hydrogen) atoms. The summed E-state index contributed by atoms with van der Waals surface area (Å²) in [4.78, 5) is 20.8. The minimum atomic E-state index is -0.179. The lowest BCUT2D eigenvalue weighted by molar-refractivity contribution is 0.0923. The first-order chi connectivity index (χ1) is 12.5. The zero-order valence-corrected chi connectivity index (χ0v) is 15.2. The maximum atomic E-state index is 12.8. The Labute approximate surface area is 152 Å². The third-order valence-corrected chi connectivity index (χ3v) is 4.80. The molecule has 0 aliphatic carbocycles. The van der Waals surface area contributed by atoms with Gasteiger partial charge in [0.05, 0.1) is 17.1 Å². The second kappa shape index (κ2) is 6.33. The number of amides is 1. The molecule has 5 heteroatoms. The third-order valence-electron chi connectivity index (χ3n) is 4.80. The van der Waals surface area contributed by atoms with Crippen molar-refractivity contribution in [1.82, 2.24) is 19.9 Å². The fraction of sp³-hybridized carbons (Fsp3) is 0.238. The number of carbonyl (C=O) groups is 1. The summed E-state index contributed by atoms with van der Waals surface area (Å²) < 4.78 is 2.04. The molecule has 0 radical (unpaired) electrons. The monoisotopic (exact) mass is 346 g/mol. The standard InChI is InChI=1S/C21H22N4O/c1-13(2)19(20-22-16-6-4-5-7-17(16)23-20)24-21(26)15-8-9-18-14(12-15)10-11-25(18)3/h4-13,19H,1-3H3,(H,22,23)(H,24,26). The second-order valence-electron chi connectivity index (χ2n) is 7.03. The summed E-state index contributed by atoms with van der Waals surface area (Å²) in [7, 11) is 2.00. The number of aryl methyl sites for hydroxylation is 1. The number of hydrogen-bond donors (Lipinski definition) is 2. The van der Waals surface area contributed by atoms with Crippen molar-refractivity contribution in [2.75, 3.05) is 0 Å². The summed E-state index contributed by atoms with van der Waals surface area (Å²) in [6, 6.07) is 15.5. The number of aromatic nitrogens is 3. The first-order valence-corrected chi connectivity index (χ1v) is 8.83. The number of hydrogen-bond acceptors (Lipinski definition) is 2. The Hall–Kier alpha value is -3.08. The van der Waals surface area contributed by atoms with Crippen molar-refractivity contribution in [2.45, 2.75) is 19.9 Å². The van der Waals surface area contributed by atoms with E-state index in [2.05, 4.69) is 29.1 Å². The molecule has 0 aliphatic heterocycles. The average molecular weight is 346 g/mol. The lowest BCUT2D eigenvalue weighted by atomic mass is 10.0. The quantitative estimate of drug-likeness (QED) is 0.582. The van der Waals surface area contributed by atoms with Gasteiger partial charge in [0.2, 0.25) is 0 Å². The van der Waals surface area contributed by atoms with Crippen LogP contribution >= 0.6 is 0 Å². The molecule has 2 heterocycles. The topological polar surface area (TPSA) is 62.7 Å². The summed E-state index contributed by atoms with van der Waals surface area (Å²) in [6.45, 7) is 4.16. The van der Waals surface area contributed by atoms with Gasteiger partial charge in [-0.2, -0.15) is 0 Å². The summed E-state index contributed by atoms with van der Waals surface area (Å²) >= 11 is 0. The van der Waals surface area contributed by atoms with Crippen LogP contribution in [0.15, 0.2) is 54.7 Å². The largest absolute Gasteiger partial charge is 0.351 e. The highest BCUT2D eigenvalue weighted by Gasteiger charge is 2.22. The molecule has 1 amide bonds. The zero-order chi connectivity index (χ0) is 18.3. The number of imidazole rings is 1.